The van der Waals surface area contributed by atoms with Gasteiger partial charge in [-0.05, 0) is 62.2 Å². The first-order valence-electron chi connectivity index (χ1n) is 8.95. The largest absolute Gasteiger partial charge is 0.339 e. The molecule has 1 unspecified atom stereocenters. The number of nitrogens with one attached hydrogen (secondary N) is 1. The molecule has 1 amide bonds. The number of rotatable bonds is 4. The Morgan fingerprint density at radius 2 is 1.96 bits per heavy atom. The third kappa shape index (κ3) is 4.81. The summed E-state index contributed by atoms with van der Waals surface area (Å²) in [4.78, 5) is 15.1. The lowest BCUT2D eigenvalue weighted by Gasteiger charge is -2.29. The van der Waals surface area contributed by atoms with Gasteiger partial charge in [-0.2, -0.15) is 0 Å². The van der Waals surface area contributed by atoms with Crippen LogP contribution in [0, 0.1) is 11.3 Å². The Balaban J connectivity index is 2.09. The molecule has 3 heteroatoms. The zero-order valence-electron chi connectivity index (χ0n) is 15.2. The van der Waals surface area contributed by atoms with Crippen LogP contribution in [-0.2, 0) is 6.42 Å². The van der Waals surface area contributed by atoms with Gasteiger partial charge in [0, 0.05) is 18.7 Å². The van der Waals surface area contributed by atoms with Crippen molar-refractivity contribution < 1.29 is 4.79 Å². The van der Waals surface area contributed by atoms with Gasteiger partial charge in [0.05, 0.1) is 0 Å². The molecule has 1 aromatic rings. The molecule has 0 spiro atoms. The number of amides is 1. The molecular formula is C20H32N2O. The summed E-state index contributed by atoms with van der Waals surface area (Å²) in [6.07, 6.45) is 4.37. The minimum Gasteiger partial charge on any atom is -0.339 e. The van der Waals surface area contributed by atoms with E-state index >= 15 is 0 Å². The molecule has 1 heterocycles. The van der Waals surface area contributed by atoms with Crippen LogP contribution in [0.5, 0.6) is 0 Å². The second kappa shape index (κ2) is 7.96. The topological polar surface area (TPSA) is 32.3 Å². The van der Waals surface area contributed by atoms with E-state index in [2.05, 4.69) is 37.1 Å². The number of likely N-dealkylation sites (N-methyl/N-ethyl adjacent to an activating group) is 1. The maximum absolute atomic E-state index is 13.0. The number of carbonyl (C=O) groups excluding carboxylic acids is 1. The summed E-state index contributed by atoms with van der Waals surface area (Å²) in [5.74, 6) is 0.922. The Bertz CT molecular complexity index is 519. The van der Waals surface area contributed by atoms with Crippen LogP contribution in [0.2, 0.25) is 0 Å². The lowest BCUT2D eigenvalue weighted by Crippen LogP contribution is -2.33. The van der Waals surface area contributed by atoms with Gasteiger partial charge in [-0.15, -0.1) is 0 Å². The van der Waals surface area contributed by atoms with Gasteiger partial charge in [-0.1, -0.05) is 39.0 Å². The van der Waals surface area contributed by atoms with Crippen molar-refractivity contribution in [2.45, 2.75) is 46.5 Å². The maximum atomic E-state index is 13.0. The fourth-order valence-corrected chi connectivity index (χ4v) is 3.54. The highest BCUT2D eigenvalue weighted by molar-refractivity contribution is 5.95. The normalized spacial score (nSPS) is 19.5. The minimum absolute atomic E-state index is 0.214. The van der Waals surface area contributed by atoms with E-state index in [1.165, 1.54) is 6.42 Å². The number of carbonyl (C=O) groups is 1. The molecule has 1 saturated heterocycles. The molecule has 0 aliphatic carbocycles. The quantitative estimate of drug-likeness (QED) is 0.918. The fraction of sp³-hybridized carbons (Fsp3) is 0.650. The molecule has 23 heavy (non-hydrogen) atoms. The Morgan fingerprint density at radius 1 is 1.22 bits per heavy atom. The van der Waals surface area contributed by atoms with Crippen LogP contribution < -0.4 is 5.32 Å². The number of benzene rings is 1. The zero-order valence-corrected chi connectivity index (χ0v) is 15.2. The van der Waals surface area contributed by atoms with Crippen molar-refractivity contribution in [3.8, 4) is 0 Å². The van der Waals surface area contributed by atoms with Crippen molar-refractivity contribution in [2.24, 2.45) is 11.3 Å². The Hall–Kier alpha value is -1.35. The van der Waals surface area contributed by atoms with Gasteiger partial charge in [-0.25, -0.2) is 0 Å². The third-order valence-corrected chi connectivity index (χ3v) is 5.13. The summed E-state index contributed by atoms with van der Waals surface area (Å²) in [7, 11) is 1.95. The van der Waals surface area contributed by atoms with E-state index < -0.39 is 0 Å². The Kier molecular flexibility index (Phi) is 6.23. The van der Waals surface area contributed by atoms with Crippen molar-refractivity contribution in [3.05, 3.63) is 35.4 Å². The SMILES string of the molecule is CNCCc1ccccc1C(=O)N1CCCC(C(C)(C)C)CC1. The van der Waals surface area contributed by atoms with Crippen LogP contribution in [0.4, 0.5) is 0 Å². The monoisotopic (exact) mass is 316 g/mol. The zero-order chi connectivity index (χ0) is 16.9. The number of likely N-dealkylation sites (tertiary alicyclic amines) is 1. The van der Waals surface area contributed by atoms with Crippen molar-refractivity contribution in [1.29, 1.82) is 0 Å². The predicted octanol–water partition coefficient (Wildman–Crippen LogP) is 3.74. The van der Waals surface area contributed by atoms with Crippen molar-refractivity contribution >= 4 is 5.91 Å². The maximum Gasteiger partial charge on any atom is 0.254 e. The van der Waals surface area contributed by atoms with Crippen molar-refractivity contribution in [3.63, 3.8) is 0 Å². The molecule has 1 aliphatic heterocycles. The van der Waals surface area contributed by atoms with E-state index in [0.717, 1.165) is 50.0 Å². The molecule has 3 nitrogen and oxygen atoms in total. The smallest absolute Gasteiger partial charge is 0.254 e. The molecule has 0 saturated carbocycles. The molecule has 1 aromatic carbocycles. The van der Waals surface area contributed by atoms with Crippen LogP contribution in [0.3, 0.4) is 0 Å². The number of hydrogen-bond acceptors (Lipinski definition) is 2. The summed E-state index contributed by atoms with van der Waals surface area (Å²) in [5, 5.41) is 3.17. The van der Waals surface area contributed by atoms with Gasteiger partial charge < -0.3 is 10.2 Å². The lowest BCUT2D eigenvalue weighted by atomic mass is 9.77. The van der Waals surface area contributed by atoms with Gasteiger partial charge in [0.25, 0.3) is 5.91 Å². The first-order chi connectivity index (χ1) is 10.9. The first kappa shape index (κ1) is 18.0. The lowest BCUT2D eigenvalue weighted by molar-refractivity contribution is 0.0754. The average molecular weight is 316 g/mol. The van der Waals surface area contributed by atoms with E-state index in [0.29, 0.717) is 11.3 Å². The summed E-state index contributed by atoms with van der Waals surface area (Å²) < 4.78 is 0. The molecule has 1 aliphatic rings. The minimum atomic E-state index is 0.214. The van der Waals surface area contributed by atoms with Crippen LogP contribution in [0.25, 0.3) is 0 Å². The van der Waals surface area contributed by atoms with Gasteiger partial charge >= 0.3 is 0 Å². The molecule has 128 valence electrons. The van der Waals surface area contributed by atoms with E-state index in [1.807, 2.05) is 25.2 Å². The molecule has 1 N–H and O–H groups in total. The van der Waals surface area contributed by atoms with Gasteiger partial charge in [0.15, 0.2) is 0 Å². The molecule has 0 bridgehead atoms. The predicted molar refractivity (Wildman–Crippen MR) is 96.8 cm³/mol. The Labute approximate surface area is 141 Å². The van der Waals surface area contributed by atoms with Gasteiger partial charge in [0.1, 0.15) is 0 Å². The van der Waals surface area contributed by atoms with Crippen LogP contribution in [0.1, 0.15) is 56.0 Å². The van der Waals surface area contributed by atoms with E-state index in [1.54, 1.807) is 0 Å². The highest BCUT2D eigenvalue weighted by Gasteiger charge is 2.29. The summed E-state index contributed by atoms with van der Waals surface area (Å²) in [6, 6.07) is 8.07. The van der Waals surface area contributed by atoms with Crippen LogP contribution >= 0.6 is 0 Å². The number of nitrogens with zero attached hydrogens (tertiary/aromatic N) is 1. The highest BCUT2D eigenvalue weighted by atomic mass is 16.2. The molecule has 2 rings (SSSR count). The molecule has 0 radical (unpaired) electrons. The van der Waals surface area contributed by atoms with Crippen molar-refractivity contribution in [2.75, 3.05) is 26.7 Å². The van der Waals surface area contributed by atoms with E-state index in [9.17, 15) is 4.79 Å². The molecule has 0 aromatic heterocycles. The first-order valence-corrected chi connectivity index (χ1v) is 8.95. The second-order valence-corrected chi connectivity index (χ2v) is 7.80. The number of hydrogen-bond donors (Lipinski definition) is 1. The van der Waals surface area contributed by atoms with E-state index in [4.69, 9.17) is 0 Å². The third-order valence-electron chi connectivity index (χ3n) is 5.13. The van der Waals surface area contributed by atoms with Crippen LogP contribution in [-0.4, -0.2) is 37.5 Å². The van der Waals surface area contributed by atoms with Gasteiger partial charge in [0.2, 0.25) is 0 Å². The standard InChI is InChI=1S/C20H32N2O/c1-20(2,3)17-9-7-14-22(15-12-17)19(23)18-10-6-5-8-16(18)11-13-21-4/h5-6,8,10,17,21H,7,9,11-15H2,1-4H3. The fourth-order valence-electron chi connectivity index (χ4n) is 3.54. The molecular weight excluding hydrogens is 284 g/mol. The summed E-state index contributed by atoms with van der Waals surface area (Å²) in [6.45, 7) is 9.65. The summed E-state index contributed by atoms with van der Waals surface area (Å²) >= 11 is 0. The highest BCUT2D eigenvalue weighted by Crippen LogP contribution is 2.34. The molecule has 1 fully saturated rings. The second-order valence-electron chi connectivity index (χ2n) is 7.80. The van der Waals surface area contributed by atoms with Crippen molar-refractivity contribution in [1.82, 2.24) is 10.2 Å². The van der Waals surface area contributed by atoms with E-state index in [-0.39, 0.29) is 5.91 Å². The van der Waals surface area contributed by atoms with Gasteiger partial charge in [-0.3, -0.25) is 4.79 Å². The Morgan fingerprint density at radius 3 is 2.65 bits per heavy atom. The van der Waals surface area contributed by atoms with Crippen LogP contribution in [0.15, 0.2) is 24.3 Å². The average Bonchev–Trinajstić information content (AvgIpc) is 2.78. The molecule has 1 atom stereocenters. The summed E-state index contributed by atoms with van der Waals surface area (Å²) in [5.41, 5.74) is 2.38.